The number of nitrogens with zero attached hydrogens (tertiary/aromatic N) is 3. The molecule has 1 N–H and O–H groups in total. The monoisotopic (exact) mass is 240 g/mol. The van der Waals surface area contributed by atoms with E-state index in [0.717, 1.165) is 24.4 Å². The van der Waals surface area contributed by atoms with E-state index in [1.54, 1.807) is 4.57 Å². The number of hydrogen-bond donors (Lipinski definition) is 1. The predicted molar refractivity (Wildman–Crippen MR) is 67.4 cm³/mol. The van der Waals surface area contributed by atoms with E-state index < -0.39 is 0 Å². The summed E-state index contributed by atoms with van der Waals surface area (Å²) in [5.41, 5.74) is 2.00. The van der Waals surface area contributed by atoms with Crippen LogP contribution in [0.1, 0.15) is 17.8 Å². The molecular formula is C13H12N4O. The van der Waals surface area contributed by atoms with E-state index in [1.807, 2.05) is 24.4 Å². The fourth-order valence-corrected chi connectivity index (χ4v) is 3.00. The summed E-state index contributed by atoms with van der Waals surface area (Å²) in [6.07, 6.45) is 3.76. The minimum atomic E-state index is -0.128. The molecule has 0 radical (unpaired) electrons. The van der Waals surface area contributed by atoms with Crippen molar-refractivity contribution in [2.45, 2.75) is 24.8 Å². The van der Waals surface area contributed by atoms with E-state index in [2.05, 4.69) is 21.3 Å². The van der Waals surface area contributed by atoms with Gasteiger partial charge >= 0.3 is 5.69 Å². The number of H-pyrrole nitrogens is 1. The number of para-hydroxylation sites is 1. The second-order valence-electron chi connectivity index (χ2n) is 4.96. The van der Waals surface area contributed by atoms with Crippen molar-refractivity contribution in [3.05, 3.63) is 46.1 Å². The van der Waals surface area contributed by atoms with Crippen molar-refractivity contribution in [2.24, 2.45) is 4.99 Å². The van der Waals surface area contributed by atoms with Crippen LogP contribution in [0.4, 0.5) is 5.69 Å². The lowest BCUT2D eigenvalue weighted by Crippen LogP contribution is -2.40. The lowest BCUT2D eigenvalue weighted by molar-refractivity contribution is 0.394. The first-order valence-corrected chi connectivity index (χ1v) is 6.07. The zero-order chi connectivity index (χ0) is 12.2. The van der Waals surface area contributed by atoms with E-state index >= 15 is 0 Å². The summed E-state index contributed by atoms with van der Waals surface area (Å²) in [6, 6.07) is 8.16. The normalized spacial score (nSPS) is 24.2. The van der Waals surface area contributed by atoms with Gasteiger partial charge in [-0.1, -0.05) is 18.2 Å². The molecule has 5 heteroatoms. The first-order chi connectivity index (χ1) is 8.78. The first kappa shape index (κ1) is 9.82. The molecule has 0 aliphatic carbocycles. The third kappa shape index (κ3) is 1.13. The van der Waals surface area contributed by atoms with Gasteiger partial charge in [0.25, 0.3) is 0 Å². The number of aryl methyl sites for hydroxylation is 1. The lowest BCUT2D eigenvalue weighted by atomic mass is 9.76. The summed E-state index contributed by atoms with van der Waals surface area (Å²) in [4.78, 5) is 16.2. The SMILES string of the molecule is O=c1[nH]nc2n1CC1(C=Nc3ccccc31)CC2. The number of aliphatic imine (C=N–C) groups is 1. The molecule has 2 aromatic rings. The third-order valence-corrected chi connectivity index (χ3v) is 3.96. The van der Waals surface area contributed by atoms with Gasteiger partial charge in [0.1, 0.15) is 5.82 Å². The van der Waals surface area contributed by atoms with Gasteiger partial charge < -0.3 is 0 Å². The van der Waals surface area contributed by atoms with Crippen LogP contribution in [-0.4, -0.2) is 21.0 Å². The van der Waals surface area contributed by atoms with Crippen LogP contribution in [0.3, 0.4) is 0 Å². The Morgan fingerprint density at radius 1 is 1.33 bits per heavy atom. The fraction of sp³-hybridized carbons (Fsp3) is 0.308. The molecule has 18 heavy (non-hydrogen) atoms. The van der Waals surface area contributed by atoms with Crippen LogP contribution in [-0.2, 0) is 18.4 Å². The van der Waals surface area contributed by atoms with E-state index in [9.17, 15) is 4.79 Å². The van der Waals surface area contributed by atoms with Crippen molar-refractivity contribution in [3.8, 4) is 0 Å². The molecule has 0 amide bonds. The van der Waals surface area contributed by atoms with Gasteiger partial charge in [-0.25, -0.2) is 9.89 Å². The molecule has 1 spiro atoms. The number of aromatic nitrogens is 3. The molecule has 1 atom stereocenters. The molecule has 1 aromatic heterocycles. The van der Waals surface area contributed by atoms with Crippen molar-refractivity contribution in [1.82, 2.24) is 14.8 Å². The summed E-state index contributed by atoms with van der Waals surface area (Å²) < 4.78 is 1.73. The van der Waals surface area contributed by atoms with Gasteiger partial charge in [0, 0.05) is 19.2 Å². The molecule has 0 fully saturated rings. The van der Waals surface area contributed by atoms with Gasteiger partial charge in [-0.3, -0.25) is 9.56 Å². The highest BCUT2D eigenvalue weighted by Gasteiger charge is 2.40. The molecule has 0 bridgehead atoms. The maximum absolute atomic E-state index is 11.7. The molecule has 2 aliphatic heterocycles. The number of aromatic amines is 1. The van der Waals surface area contributed by atoms with Crippen molar-refractivity contribution in [3.63, 3.8) is 0 Å². The molecule has 4 rings (SSSR count). The summed E-state index contributed by atoms with van der Waals surface area (Å²) in [7, 11) is 0. The van der Waals surface area contributed by atoms with Crippen molar-refractivity contribution < 1.29 is 0 Å². The zero-order valence-corrected chi connectivity index (χ0v) is 9.76. The highest BCUT2D eigenvalue weighted by atomic mass is 16.1. The Bertz CT molecular complexity index is 712. The highest BCUT2D eigenvalue weighted by molar-refractivity contribution is 5.85. The minimum Gasteiger partial charge on any atom is -0.278 e. The molecule has 0 saturated carbocycles. The second kappa shape index (κ2) is 3.19. The Labute approximate surface area is 103 Å². The standard InChI is InChI=1S/C13H12N4O/c18-12-16-15-11-5-6-13(8-17(11)12)7-14-10-4-2-1-3-9(10)13/h1-4,7H,5-6,8H2,(H,16,18). The number of nitrogens with one attached hydrogen (secondary N) is 1. The molecule has 0 saturated heterocycles. The van der Waals surface area contributed by atoms with Crippen LogP contribution in [0.15, 0.2) is 34.1 Å². The van der Waals surface area contributed by atoms with Crippen LogP contribution in [0, 0.1) is 0 Å². The number of benzene rings is 1. The largest absolute Gasteiger partial charge is 0.343 e. The number of fused-ring (bicyclic) bond motifs is 3. The summed E-state index contributed by atoms with van der Waals surface area (Å²) in [5.74, 6) is 0.850. The van der Waals surface area contributed by atoms with Gasteiger partial charge in [0.15, 0.2) is 0 Å². The van der Waals surface area contributed by atoms with Gasteiger partial charge in [-0.2, -0.15) is 5.10 Å². The molecule has 2 aliphatic rings. The van der Waals surface area contributed by atoms with E-state index in [0.29, 0.717) is 6.54 Å². The average molecular weight is 240 g/mol. The molecular weight excluding hydrogens is 228 g/mol. The Morgan fingerprint density at radius 2 is 2.22 bits per heavy atom. The maximum atomic E-state index is 11.7. The van der Waals surface area contributed by atoms with Crippen molar-refractivity contribution >= 4 is 11.9 Å². The number of rotatable bonds is 0. The topological polar surface area (TPSA) is 63.0 Å². The predicted octanol–water partition coefficient (Wildman–Crippen LogP) is 1.17. The maximum Gasteiger partial charge on any atom is 0.343 e. The highest BCUT2D eigenvalue weighted by Crippen LogP contribution is 2.42. The van der Waals surface area contributed by atoms with Crippen LogP contribution >= 0.6 is 0 Å². The molecule has 1 aromatic carbocycles. The minimum absolute atomic E-state index is 0.123. The quantitative estimate of drug-likeness (QED) is 0.751. The lowest BCUT2D eigenvalue weighted by Gasteiger charge is -2.31. The van der Waals surface area contributed by atoms with Gasteiger partial charge in [0.05, 0.1) is 11.1 Å². The third-order valence-electron chi connectivity index (χ3n) is 3.96. The summed E-state index contributed by atoms with van der Waals surface area (Å²) in [6.45, 7) is 0.637. The van der Waals surface area contributed by atoms with Gasteiger partial charge in [-0.05, 0) is 18.1 Å². The summed E-state index contributed by atoms with van der Waals surface area (Å²) >= 11 is 0. The second-order valence-corrected chi connectivity index (χ2v) is 4.96. The Hall–Kier alpha value is -2.17. The van der Waals surface area contributed by atoms with Gasteiger partial charge in [-0.15, -0.1) is 0 Å². The molecule has 1 unspecified atom stereocenters. The fourth-order valence-electron chi connectivity index (χ4n) is 3.00. The Balaban J connectivity index is 1.87. The van der Waals surface area contributed by atoms with Crippen molar-refractivity contribution in [1.29, 1.82) is 0 Å². The Kier molecular flexibility index (Phi) is 1.74. The van der Waals surface area contributed by atoms with E-state index in [1.165, 1.54) is 5.56 Å². The smallest absolute Gasteiger partial charge is 0.278 e. The van der Waals surface area contributed by atoms with Crippen LogP contribution in [0.2, 0.25) is 0 Å². The first-order valence-electron chi connectivity index (χ1n) is 6.07. The molecule has 3 heterocycles. The Morgan fingerprint density at radius 3 is 3.17 bits per heavy atom. The van der Waals surface area contributed by atoms with Gasteiger partial charge in [0.2, 0.25) is 0 Å². The van der Waals surface area contributed by atoms with E-state index in [-0.39, 0.29) is 11.1 Å². The van der Waals surface area contributed by atoms with E-state index in [4.69, 9.17) is 0 Å². The van der Waals surface area contributed by atoms with Crippen LogP contribution in [0.5, 0.6) is 0 Å². The zero-order valence-electron chi connectivity index (χ0n) is 9.76. The molecule has 90 valence electrons. The van der Waals surface area contributed by atoms with Crippen LogP contribution < -0.4 is 5.69 Å². The average Bonchev–Trinajstić information content (AvgIpc) is 2.94. The van der Waals surface area contributed by atoms with Crippen LogP contribution in [0.25, 0.3) is 0 Å². The summed E-state index contributed by atoms with van der Waals surface area (Å²) in [5, 5.41) is 6.57. The number of hydrogen-bond acceptors (Lipinski definition) is 3. The van der Waals surface area contributed by atoms with Crippen molar-refractivity contribution in [2.75, 3.05) is 0 Å². The molecule has 5 nitrogen and oxygen atoms in total.